The SMILES string of the molecule is CCc1ccc(Cc2nnc(SCC(=O)Nc3cc(Cl)ccc3C)o2)cc1. The second-order valence-electron chi connectivity index (χ2n) is 6.10. The largest absolute Gasteiger partial charge is 0.416 e. The van der Waals surface area contributed by atoms with E-state index >= 15 is 0 Å². The highest BCUT2D eigenvalue weighted by Gasteiger charge is 2.11. The van der Waals surface area contributed by atoms with Crippen LogP contribution in [0.2, 0.25) is 5.02 Å². The first-order valence-corrected chi connectivity index (χ1v) is 9.99. The summed E-state index contributed by atoms with van der Waals surface area (Å²) >= 11 is 7.18. The first kappa shape index (κ1) is 19.5. The molecule has 0 atom stereocenters. The van der Waals surface area contributed by atoms with Crippen molar-refractivity contribution in [1.82, 2.24) is 10.2 Å². The molecule has 3 rings (SSSR count). The number of nitrogens with zero attached hydrogens (tertiary/aromatic N) is 2. The van der Waals surface area contributed by atoms with Crippen molar-refractivity contribution >= 4 is 35.0 Å². The van der Waals surface area contributed by atoms with Crippen LogP contribution in [0, 0.1) is 6.92 Å². The lowest BCUT2D eigenvalue weighted by Crippen LogP contribution is -2.14. The van der Waals surface area contributed by atoms with E-state index < -0.39 is 0 Å². The molecule has 0 aliphatic rings. The van der Waals surface area contributed by atoms with E-state index in [1.807, 2.05) is 13.0 Å². The Morgan fingerprint density at radius 3 is 2.63 bits per heavy atom. The predicted octanol–water partition coefficient (Wildman–Crippen LogP) is 4.92. The van der Waals surface area contributed by atoms with E-state index in [4.69, 9.17) is 16.0 Å². The molecule has 140 valence electrons. The Labute approximate surface area is 167 Å². The Kier molecular flexibility index (Phi) is 6.53. The maximum Gasteiger partial charge on any atom is 0.277 e. The van der Waals surface area contributed by atoms with Gasteiger partial charge >= 0.3 is 0 Å². The van der Waals surface area contributed by atoms with Gasteiger partial charge in [0, 0.05) is 10.7 Å². The summed E-state index contributed by atoms with van der Waals surface area (Å²) in [6, 6.07) is 13.7. The summed E-state index contributed by atoms with van der Waals surface area (Å²) in [5, 5.41) is 11.9. The van der Waals surface area contributed by atoms with E-state index in [1.54, 1.807) is 12.1 Å². The Hall–Kier alpha value is -2.31. The Bertz CT molecular complexity index is 925. The summed E-state index contributed by atoms with van der Waals surface area (Å²) in [6.45, 7) is 4.04. The Morgan fingerprint density at radius 2 is 1.89 bits per heavy atom. The molecule has 0 saturated heterocycles. The van der Waals surface area contributed by atoms with Gasteiger partial charge in [0.05, 0.1) is 12.2 Å². The molecule has 0 spiro atoms. The third-order valence-corrected chi connectivity index (χ3v) is 5.09. The van der Waals surface area contributed by atoms with Crippen LogP contribution in [0.25, 0.3) is 0 Å². The van der Waals surface area contributed by atoms with E-state index in [9.17, 15) is 4.79 Å². The number of anilines is 1. The van der Waals surface area contributed by atoms with Crippen molar-refractivity contribution in [3.63, 3.8) is 0 Å². The lowest BCUT2D eigenvalue weighted by Gasteiger charge is -2.07. The van der Waals surface area contributed by atoms with Crippen molar-refractivity contribution in [3.05, 3.63) is 70.1 Å². The van der Waals surface area contributed by atoms with E-state index in [2.05, 4.69) is 46.7 Å². The number of amides is 1. The highest BCUT2D eigenvalue weighted by atomic mass is 35.5. The molecule has 0 aliphatic carbocycles. The maximum atomic E-state index is 12.1. The van der Waals surface area contributed by atoms with Crippen molar-refractivity contribution in [2.45, 2.75) is 31.9 Å². The van der Waals surface area contributed by atoms with Crippen LogP contribution >= 0.6 is 23.4 Å². The zero-order chi connectivity index (χ0) is 19.2. The van der Waals surface area contributed by atoms with Crippen molar-refractivity contribution in [3.8, 4) is 0 Å². The summed E-state index contributed by atoms with van der Waals surface area (Å²) in [5.41, 5.74) is 4.06. The molecule has 0 saturated carbocycles. The van der Waals surface area contributed by atoms with Crippen LogP contribution in [0.1, 0.15) is 29.5 Å². The van der Waals surface area contributed by atoms with Crippen LogP contribution in [-0.4, -0.2) is 21.9 Å². The number of hydrogen-bond acceptors (Lipinski definition) is 5. The minimum Gasteiger partial charge on any atom is -0.416 e. The number of rotatable bonds is 7. The van der Waals surface area contributed by atoms with Crippen LogP contribution < -0.4 is 5.32 Å². The van der Waals surface area contributed by atoms with Crippen LogP contribution in [0.15, 0.2) is 52.1 Å². The summed E-state index contributed by atoms with van der Waals surface area (Å²) in [4.78, 5) is 12.1. The lowest BCUT2D eigenvalue weighted by atomic mass is 10.1. The fourth-order valence-electron chi connectivity index (χ4n) is 2.48. The number of nitrogens with one attached hydrogen (secondary N) is 1. The third kappa shape index (κ3) is 5.58. The predicted molar refractivity (Wildman–Crippen MR) is 108 cm³/mol. The smallest absolute Gasteiger partial charge is 0.277 e. The number of aryl methyl sites for hydroxylation is 2. The van der Waals surface area contributed by atoms with Crippen molar-refractivity contribution < 1.29 is 9.21 Å². The number of carbonyl (C=O) groups is 1. The van der Waals surface area contributed by atoms with Gasteiger partial charge in [0.25, 0.3) is 5.22 Å². The minimum absolute atomic E-state index is 0.153. The van der Waals surface area contributed by atoms with Gasteiger partial charge < -0.3 is 9.73 Å². The van der Waals surface area contributed by atoms with Crippen LogP contribution in [0.4, 0.5) is 5.69 Å². The Morgan fingerprint density at radius 1 is 1.15 bits per heavy atom. The number of thioether (sulfide) groups is 1. The van der Waals surface area contributed by atoms with Gasteiger partial charge in [0.2, 0.25) is 11.8 Å². The third-order valence-electron chi connectivity index (χ3n) is 4.04. The molecule has 0 radical (unpaired) electrons. The monoisotopic (exact) mass is 401 g/mol. The van der Waals surface area contributed by atoms with Crippen molar-refractivity contribution in [1.29, 1.82) is 0 Å². The second-order valence-corrected chi connectivity index (χ2v) is 7.47. The molecule has 5 nitrogen and oxygen atoms in total. The normalized spacial score (nSPS) is 10.8. The van der Waals surface area contributed by atoms with Gasteiger partial charge in [0.15, 0.2) is 0 Å². The quantitative estimate of drug-likeness (QED) is 0.569. The first-order chi connectivity index (χ1) is 13.0. The average Bonchev–Trinajstić information content (AvgIpc) is 3.11. The van der Waals surface area contributed by atoms with Crippen molar-refractivity contribution in [2.75, 3.05) is 11.1 Å². The molecule has 1 heterocycles. The molecular formula is C20H20ClN3O2S. The van der Waals surface area contributed by atoms with Gasteiger partial charge in [-0.15, -0.1) is 10.2 Å². The highest BCUT2D eigenvalue weighted by molar-refractivity contribution is 7.99. The van der Waals surface area contributed by atoms with Crippen LogP contribution in [0.5, 0.6) is 0 Å². The van der Waals surface area contributed by atoms with Gasteiger partial charge in [-0.2, -0.15) is 0 Å². The molecule has 0 aliphatic heterocycles. The first-order valence-electron chi connectivity index (χ1n) is 8.62. The summed E-state index contributed by atoms with van der Waals surface area (Å²) < 4.78 is 5.63. The molecule has 1 aromatic heterocycles. The molecule has 0 unspecified atom stereocenters. The van der Waals surface area contributed by atoms with Crippen LogP contribution in [-0.2, 0) is 17.6 Å². The topological polar surface area (TPSA) is 68.0 Å². The second kappa shape index (κ2) is 9.06. The fraction of sp³-hybridized carbons (Fsp3) is 0.250. The van der Waals surface area contributed by atoms with E-state index in [0.717, 1.165) is 17.5 Å². The maximum absolute atomic E-state index is 12.1. The highest BCUT2D eigenvalue weighted by Crippen LogP contribution is 2.22. The molecule has 1 N–H and O–H groups in total. The van der Waals surface area contributed by atoms with Gasteiger partial charge in [-0.1, -0.05) is 60.6 Å². The zero-order valence-electron chi connectivity index (χ0n) is 15.2. The average molecular weight is 402 g/mol. The zero-order valence-corrected chi connectivity index (χ0v) is 16.7. The molecule has 0 bridgehead atoms. The molecule has 3 aromatic rings. The standard InChI is InChI=1S/C20H20ClN3O2S/c1-3-14-5-7-15(8-6-14)10-19-23-24-20(26-19)27-12-18(25)22-17-11-16(21)9-4-13(17)2/h4-9,11H,3,10,12H2,1-2H3,(H,22,25). The lowest BCUT2D eigenvalue weighted by molar-refractivity contribution is -0.113. The van der Waals surface area contributed by atoms with Crippen molar-refractivity contribution in [2.24, 2.45) is 0 Å². The number of benzene rings is 2. The number of aromatic nitrogens is 2. The molecule has 1 amide bonds. The number of hydrogen-bond donors (Lipinski definition) is 1. The molecule has 0 fully saturated rings. The molecule has 2 aromatic carbocycles. The summed E-state index contributed by atoms with van der Waals surface area (Å²) in [5.74, 6) is 0.562. The number of carbonyl (C=O) groups excluding carboxylic acids is 1. The van der Waals surface area contributed by atoms with E-state index in [0.29, 0.717) is 28.2 Å². The van der Waals surface area contributed by atoms with Gasteiger partial charge in [-0.25, -0.2) is 0 Å². The van der Waals surface area contributed by atoms with E-state index in [1.165, 1.54) is 17.3 Å². The molecule has 27 heavy (non-hydrogen) atoms. The minimum atomic E-state index is -0.153. The van der Waals surface area contributed by atoms with Gasteiger partial charge in [0.1, 0.15) is 0 Å². The van der Waals surface area contributed by atoms with Gasteiger partial charge in [-0.05, 0) is 42.2 Å². The van der Waals surface area contributed by atoms with Crippen LogP contribution in [0.3, 0.4) is 0 Å². The number of halogens is 1. The summed E-state index contributed by atoms with van der Waals surface area (Å²) in [7, 11) is 0. The molecular weight excluding hydrogens is 382 g/mol. The fourth-order valence-corrected chi connectivity index (χ4v) is 3.23. The molecule has 7 heteroatoms. The van der Waals surface area contributed by atoms with Gasteiger partial charge in [-0.3, -0.25) is 4.79 Å². The van der Waals surface area contributed by atoms with E-state index in [-0.39, 0.29) is 11.7 Å². The summed E-state index contributed by atoms with van der Waals surface area (Å²) in [6.07, 6.45) is 1.59. The Balaban J connectivity index is 1.52.